The smallest absolute Gasteiger partial charge is 0.259 e. The molecule has 6 nitrogen and oxygen atoms in total. The molecule has 0 radical (unpaired) electrons. The lowest BCUT2D eigenvalue weighted by atomic mass is 10.1. The Morgan fingerprint density at radius 2 is 1.86 bits per heavy atom. The van der Waals surface area contributed by atoms with Crippen molar-refractivity contribution >= 4 is 23.0 Å². The fourth-order valence-corrected chi connectivity index (χ4v) is 3.31. The summed E-state index contributed by atoms with van der Waals surface area (Å²) in [5.74, 6) is 1.36. The van der Waals surface area contributed by atoms with Gasteiger partial charge in [0, 0.05) is 30.2 Å². The minimum absolute atomic E-state index is 0.0866. The van der Waals surface area contributed by atoms with Crippen molar-refractivity contribution in [2.45, 2.75) is 13.8 Å². The Labute approximate surface area is 170 Å². The summed E-state index contributed by atoms with van der Waals surface area (Å²) in [6, 6.07) is 15.4. The van der Waals surface area contributed by atoms with Gasteiger partial charge < -0.3 is 19.7 Å². The molecule has 148 valence electrons. The second-order valence-electron chi connectivity index (χ2n) is 6.83. The van der Waals surface area contributed by atoms with Crippen molar-refractivity contribution in [3.63, 3.8) is 0 Å². The van der Waals surface area contributed by atoms with E-state index >= 15 is 0 Å². The number of aryl methyl sites for hydroxylation is 1. The number of nitrogens with one attached hydrogen (secondary N) is 1. The SMILES string of the molecule is CCN(C(=O)c1cncc(Nc2ccc3c(c2)OCCO3)c1)c1cccc(C)c1. The van der Waals surface area contributed by atoms with Crippen LogP contribution in [0.3, 0.4) is 0 Å². The van der Waals surface area contributed by atoms with E-state index in [2.05, 4.69) is 10.3 Å². The molecule has 0 unspecified atom stereocenters. The van der Waals surface area contributed by atoms with Gasteiger partial charge in [0.15, 0.2) is 11.5 Å². The predicted octanol–water partition coefficient (Wildman–Crippen LogP) is 4.57. The van der Waals surface area contributed by atoms with Crippen molar-refractivity contribution in [1.82, 2.24) is 4.98 Å². The highest BCUT2D eigenvalue weighted by Crippen LogP contribution is 2.33. The first-order valence-electron chi connectivity index (χ1n) is 9.64. The Hall–Kier alpha value is -3.54. The molecular formula is C23H23N3O3. The first-order chi connectivity index (χ1) is 14.1. The summed E-state index contributed by atoms with van der Waals surface area (Å²) in [5.41, 5.74) is 4.08. The highest BCUT2D eigenvalue weighted by Gasteiger charge is 2.17. The van der Waals surface area contributed by atoms with E-state index in [9.17, 15) is 4.79 Å². The zero-order valence-electron chi connectivity index (χ0n) is 16.5. The maximum Gasteiger partial charge on any atom is 0.259 e. The fourth-order valence-electron chi connectivity index (χ4n) is 3.31. The van der Waals surface area contributed by atoms with Crippen LogP contribution in [-0.4, -0.2) is 30.6 Å². The highest BCUT2D eigenvalue weighted by atomic mass is 16.6. The number of benzene rings is 2. The van der Waals surface area contributed by atoms with E-state index in [-0.39, 0.29) is 5.91 Å². The quantitative estimate of drug-likeness (QED) is 0.692. The van der Waals surface area contributed by atoms with Crippen LogP contribution < -0.4 is 19.7 Å². The van der Waals surface area contributed by atoms with Gasteiger partial charge in [0.1, 0.15) is 13.2 Å². The zero-order chi connectivity index (χ0) is 20.2. The molecule has 0 fully saturated rings. The van der Waals surface area contributed by atoms with Gasteiger partial charge in [-0.3, -0.25) is 9.78 Å². The van der Waals surface area contributed by atoms with Crippen molar-refractivity contribution in [3.8, 4) is 11.5 Å². The molecular weight excluding hydrogens is 366 g/mol. The van der Waals surface area contributed by atoms with Crippen LogP contribution in [0.15, 0.2) is 60.9 Å². The highest BCUT2D eigenvalue weighted by molar-refractivity contribution is 6.06. The first kappa shape index (κ1) is 18.8. The van der Waals surface area contributed by atoms with Gasteiger partial charge >= 0.3 is 0 Å². The van der Waals surface area contributed by atoms with Crippen LogP contribution in [0.5, 0.6) is 11.5 Å². The van der Waals surface area contributed by atoms with Crippen molar-refractivity contribution in [2.24, 2.45) is 0 Å². The summed E-state index contributed by atoms with van der Waals surface area (Å²) < 4.78 is 11.2. The standard InChI is InChI=1S/C23H23N3O3/c1-3-26(20-6-4-5-16(2)11-20)23(27)17-12-19(15-24-14-17)25-18-7-8-21-22(13-18)29-10-9-28-21/h4-8,11-15,25H,3,9-10H2,1-2H3. The molecule has 6 heteroatoms. The molecule has 1 N–H and O–H groups in total. The largest absolute Gasteiger partial charge is 0.486 e. The van der Waals surface area contributed by atoms with Crippen molar-refractivity contribution in [3.05, 3.63) is 72.1 Å². The molecule has 2 heterocycles. The van der Waals surface area contributed by atoms with E-state index in [1.165, 1.54) is 0 Å². The minimum atomic E-state index is -0.0866. The number of fused-ring (bicyclic) bond motifs is 1. The number of hydrogen-bond donors (Lipinski definition) is 1. The van der Waals surface area contributed by atoms with Crippen LogP contribution in [0, 0.1) is 6.92 Å². The molecule has 3 aromatic rings. The number of carbonyl (C=O) groups is 1. The van der Waals surface area contributed by atoms with Gasteiger partial charge in [-0.2, -0.15) is 0 Å². The van der Waals surface area contributed by atoms with E-state index in [1.807, 2.05) is 62.4 Å². The molecule has 1 aromatic heterocycles. The lowest BCUT2D eigenvalue weighted by molar-refractivity contribution is 0.0988. The molecule has 0 saturated carbocycles. The third kappa shape index (κ3) is 4.16. The number of pyridine rings is 1. The van der Waals surface area contributed by atoms with E-state index in [0.717, 1.165) is 28.4 Å². The van der Waals surface area contributed by atoms with Crippen LogP contribution in [0.2, 0.25) is 0 Å². The monoisotopic (exact) mass is 389 g/mol. The number of amides is 1. The Morgan fingerprint density at radius 1 is 1.03 bits per heavy atom. The van der Waals surface area contributed by atoms with Crippen LogP contribution >= 0.6 is 0 Å². The summed E-state index contributed by atoms with van der Waals surface area (Å²) in [6.45, 7) is 5.64. The molecule has 4 rings (SSSR count). The van der Waals surface area contributed by atoms with E-state index in [1.54, 1.807) is 17.3 Å². The lowest BCUT2D eigenvalue weighted by Crippen LogP contribution is -2.30. The molecule has 0 saturated heterocycles. The summed E-state index contributed by atoms with van der Waals surface area (Å²) in [6.07, 6.45) is 3.28. The third-order valence-electron chi connectivity index (χ3n) is 4.69. The van der Waals surface area contributed by atoms with Gasteiger partial charge in [-0.25, -0.2) is 0 Å². The summed E-state index contributed by atoms with van der Waals surface area (Å²) >= 11 is 0. The molecule has 1 aliphatic rings. The van der Waals surface area contributed by atoms with E-state index < -0.39 is 0 Å². The predicted molar refractivity (Wildman–Crippen MR) is 113 cm³/mol. The van der Waals surface area contributed by atoms with Crippen molar-refractivity contribution < 1.29 is 14.3 Å². The molecule has 2 aromatic carbocycles. The van der Waals surface area contributed by atoms with Crippen LogP contribution in [0.25, 0.3) is 0 Å². The van der Waals surface area contributed by atoms with Crippen molar-refractivity contribution in [2.75, 3.05) is 30.0 Å². The number of hydrogen-bond acceptors (Lipinski definition) is 5. The molecule has 0 aliphatic carbocycles. The lowest BCUT2D eigenvalue weighted by Gasteiger charge is -2.22. The maximum absolute atomic E-state index is 13.1. The van der Waals surface area contributed by atoms with Gasteiger partial charge in [0.25, 0.3) is 5.91 Å². The second kappa shape index (κ2) is 8.22. The number of anilines is 3. The normalized spacial score (nSPS) is 12.3. The molecule has 29 heavy (non-hydrogen) atoms. The van der Waals surface area contributed by atoms with Gasteiger partial charge in [0.2, 0.25) is 0 Å². The first-order valence-corrected chi connectivity index (χ1v) is 9.64. The minimum Gasteiger partial charge on any atom is -0.486 e. The number of aromatic nitrogens is 1. The third-order valence-corrected chi connectivity index (χ3v) is 4.69. The Bertz CT molecular complexity index is 1040. The van der Waals surface area contributed by atoms with Crippen LogP contribution in [0.4, 0.5) is 17.1 Å². The van der Waals surface area contributed by atoms with E-state index in [0.29, 0.717) is 31.1 Å². The fraction of sp³-hybridized carbons (Fsp3) is 0.217. The Morgan fingerprint density at radius 3 is 2.66 bits per heavy atom. The number of carbonyl (C=O) groups excluding carboxylic acids is 1. The van der Waals surface area contributed by atoms with Crippen molar-refractivity contribution in [1.29, 1.82) is 0 Å². The number of rotatable bonds is 5. The molecule has 1 amide bonds. The molecule has 1 aliphatic heterocycles. The molecule has 0 spiro atoms. The molecule has 0 atom stereocenters. The number of nitrogens with zero attached hydrogens (tertiary/aromatic N) is 2. The average molecular weight is 389 g/mol. The summed E-state index contributed by atoms with van der Waals surface area (Å²) in [7, 11) is 0. The van der Waals surface area contributed by atoms with Gasteiger partial charge in [0.05, 0.1) is 17.4 Å². The summed E-state index contributed by atoms with van der Waals surface area (Å²) in [5, 5.41) is 3.29. The van der Waals surface area contributed by atoms with Gasteiger partial charge in [-0.15, -0.1) is 0 Å². The van der Waals surface area contributed by atoms with Gasteiger partial charge in [-0.05, 0) is 49.7 Å². The Kier molecular flexibility index (Phi) is 5.33. The topological polar surface area (TPSA) is 63.7 Å². The van der Waals surface area contributed by atoms with Crippen LogP contribution in [0.1, 0.15) is 22.8 Å². The van der Waals surface area contributed by atoms with Gasteiger partial charge in [-0.1, -0.05) is 12.1 Å². The summed E-state index contributed by atoms with van der Waals surface area (Å²) in [4.78, 5) is 19.1. The Balaban J connectivity index is 1.55. The molecule has 0 bridgehead atoms. The second-order valence-corrected chi connectivity index (χ2v) is 6.83. The van der Waals surface area contributed by atoms with Crippen LogP contribution in [-0.2, 0) is 0 Å². The average Bonchev–Trinajstić information content (AvgIpc) is 2.74. The maximum atomic E-state index is 13.1. The number of ether oxygens (including phenoxy) is 2. The zero-order valence-corrected chi connectivity index (χ0v) is 16.5. The van der Waals surface area contributed by atoms with E-state index in [4.69, 9.17) is 9.47 Å².